The highest BCUT2D eigenvalue weighted by molar-refractivity contribution is 5.95. The lowest BCUT2D eigenvalue weighted by atomic mass is 9.90. The third-order valence-electron chi connectivity index (χ3n) is 5.53. The molecule has 0 saturated carbocycles. The van der Waals surface area contributed by atoms with E-state index in [0.29, 0.717) is 25.6 Å². The molecule has 2 aromatic rings. The molecule has 1 spiro atoms. The number of carbonyl (C=O) groups is 2. The Morgan fingerprint density at radius 2 is 2.03 bits per heavy atom. The van der Waals surface area contributed by atoms with Crippen LogP contribution >= 0.6 is 0 Å². The van der Waals surface area contributed by atoms with E-state index in [-0.39, 0.29) is 24.2 Å². The summed E-state index contributed by atoms with van der Waals surface area (Å²) < 4.78 is 11.3. The minimum Gasteiger partial charge on any atom is -0.361 e. The van der Waals surface area contributed by atoms with Crippen molar-refractivity contribution >= 4 is 17.5 Å². The Labute approximate surface area is 170 Å². The van der Waals surface area contributed by atoms with Gasteiger partial charge in [-0.1, -0.05) is 37.2 Å². The number of likely N-dealkylation sites (tertiary alicyclic amines) is 1. The van der Waals surface area contributed by atoms with Gasteiger partial charge in [-0.25, -0.2) is 0 Å². The van der Waals surface area contributed by atoms with Crippen molar-refractivity contribution in [3.8, 4) is 0 Å². The molecular weight excluding hydrogens is 370 g/mol. The number of ether oxygens (including phenoxy) is 1. The SMILES string of the molecule is CC(C)Cc1cc(C(=O)N2CCCC3(C2)CN(c2ccccc2)C(=O)CO3)on1. The van der Waals surface area contributed by atoms with Gasteiger partial charge in [0.15, 0.2) is 0 Å². The van der Waals surface area contributed by atoms with E-state index in [2.05, 4.69) is 19.0 Å². The van der Waals surface area contributed by atoms with Gasteiger partial charge in [-0.2, -0.15) is 0 Å². The second-order valence-corrected chi connectivity index (χ2v) is 8.40. The van der Waals surface area contributed by atoms with Crippen LogP contribution in [0.3, 0.4) is 0 Å². The van der Waals surface area contributed by atoms with E-state index in [1.807, 2.05) is 30.3 Å². The molecule has 2 saturated heterocycles. The number of nitrogens with zero attached hydrogens (tertiary/aromatic N) is 3. The Morgan fingerprint density at radius 3 is 2.79 bits per heavy atom. The second-order valence-electron chi connectivity index (χ2n) is 8.40. The third-order valence-corrected chi connectivity index (χ3v) is 5.53. The molecule has 2 amide bonds. The number of amides is 2. The zero-order valence-corrected chi connectivity index (χ0v) is 17.0. The summed E-state index contributed by atoms with van der Waals surface area (Å²) in [4.78, 5) is 29.0. The number of benzene rings is 1. The van der Waals surface area contributed by atoms with Crippen LogP contribution < -0.4 is 4.90 Å². The maximum Gasteiger partial charge on any atom is 0.292 e. The smallest absolute Gasteiger partial charge is 0.292 e. The fourth-order valence-electron chi connectivity index (χ4n) is 4.16. The predicted octanol–water partition coefficient (Wildman–Crippen LogP) is 2.91. The first kappa shape index (κ1) is 19.6. The zero-order chi connectivity index (χ0) is 20.4. The van der Waals surface area contributed by atoms with Gasteiger partial charge in [0.25, 0.3) is 11.8 Å². The molecule has 2 aliphatic heterocycles. The maximum absolute atomic E-state index is 13.0. The van der Waals surface area contributed by atoms with E-state index in [4.69, 9.17) is 9.26 Å². The fraction of sp³-hybridized carbons (Fsp3) is 0.500. The topological polar surface area (TPSA) is 75.9 Å². The average Bonchev–Trinajstić information content (AvgIpc) is 3.18. The molecule has 1 aromatic carbocycles. The lowest BCUT2D eigenvalue weighted by Gasteiger charge is -2.47. The molecule has 0 N–H and O–H groups in total. The molecule has 7 heteroatoms. The normalized spacial score (nSPS) is 22.5. The molecular formula is C22H27N3O4. The van der Waals surface area contributed by atoms with Gasteiger partial charge in [-0.15, -0.1) is 0 Å². The number of anilines is 1. The van der Waals surface area contributed by atoms with Crippen LogP contribution in [0.15, 0.2) is 40.9 Å². The molecule has 1 unspecified atom stereocenters. The first-order chi connectivity index (χ1) is 14.0. The van der Waals surface area contributed by atoms with Crippen LogP contribution in [0.25, 0.3) is 0 Å². The van der Waals surface area contributed by atoms with Gasteiger partial charge < -0.3 is 19.1 Å². The van der Waals surface area contributed by atoms with Crippen molar-refractivity contribution in [2.75, 3.05) is 31.1 Å². The third kappa shape index (κ3) is 4.19. The van der Waals surface area contributed by atoms with Crippen molar-refractivity contribution in [1.29, 1.82) is 0 Å². The van der Waals surface area contributed by atoms with Crippen LogP contribution in [0.5, 0.6) is 0 Å². The van der Waals surface area contributed by atoms with Crippen molar-refractivity contribution < 1.29 is 18.8 Å². The van der Waals surface area contributed by atoms with Crippen molar-refractivity contribution in [2.45, 2.75) is 38.7 Å². The number of rotatable bonds is 4. The summed E-state index contributed by atoms with van der Waals surface area (Å²) in [5, 5.41) is 4.03. The minimum absolute atomic E-state index is 0.0256. The Hall–Kier alpha value is -2.67. The van der Waals surface area contributed by atoms with Crippen LogP contribution in [-0.2, 0) is 16.0 Å². The minimum atomic E-state index is -0.557. The van der Waals surface area contributed by atoms with E-state index in [9.17, 15) is 9.59 Å². The highest BCUT2D eigenvalue weighted by Gasteiger charge is 2.45. The Balaban J connectivity index is 1.49. The summed E-state index contributed by atoms with van der Waals surface area (Å²) >= 11 is 0. The van der Waals surface area contributed by atoms with Crippen LogP contribution in [-0.4, -0.2) is 53.7 Å². The van der Waals surface area contributed by atoms with Crippen LogP contribution in [0.4, 0.5) is 5.69 Å². The van der Waals surface area contributed by atoms with Crippen LogP contribution in [0.2, 0.25) is 0 Å². The van der Waals surface area contributed by atoms with E-state index in [1.165, 1.54) is 0 Å². The molecule has 7 nitrogen and oxygen atoms in total. The van der Waals surface area contributed by atoms with Gasteiger partial charge in [0.05, 0.1) is 18.8 Å². The highest BCUT2D eigenvalue weighted by atomic mass is 16.5. The molecule has 2 aliphatic rings. The van der Waals surface area contributed by atoms with Gasteiger partial charge >= 0.3 is 0 Å². The zero-order valence-electron chi connectivity index (χ0n) is 17.0. The van der Waals surface area contributed by atoms with Crippen molar-refractivity contribution in [2.24, 2.45) is 5.92 Å². The van der Waals surface area contributed by atoms with Gasteiger partial charge in [-0.05, 0) is 37.3 Å². The first-order valence-electron chi connectivity index (χ1n) is 10.2. The predicted molar refractivity (Wildman–Crippen MR) is 108 cm³/mol. The number of hydrogen-bond acceptors (Lipinski definition) is 5. The molecule has 1 aromatic heterocycles. The Kier molecular flexibility index (Phi) is 5.41. The largest absolute Gasteiger partial charge is 0.361 e. The first-order valence-corrected chi connectivity index (χ1v) is 10.2. The Bertz CT molecular complexity index is 879. The van der Waals surface area contributed by atoms with Crippen molar-refractivity contribution in [3.63, 3.8) is 0 Å². The number of para-hydroxylation sites is 1. The van der Waals surface area contributed by atoms with Crippen molar-refractivity contribution in [3.05, 3.63) is 47.9 Å². The van der Waals surface area contributed by atoms with Gasteiger partial charge in [0, 0.05) is 18.3 Å². The number of hydrogen-bond donors (Lipinski definition) is 0. The molecule has 1 atom stereocenters. The fourth-order valence-corrected chi connectivity index (χ4v) is 4.16. The number of piperidine rings is 1. The van der Waals surface area contributed by atoms with Gasteiger partial charge in [0.2, 0.25) is 5.76 Å². The van der Waals surface area contributed by atoms with Gasteiger partial charge in [0.1, 0.15) is 12.2 Å². The monoisotopic (exact) mass is 397 g/mol. The standard InChI is InChI=1S/C22H27N3O4/c1-16(2)11-17-12-19(29-23-17)21(27)24-10-6-9-22(14-24)15-25(20(26)13-28-22)18-7-4-3-5-8-18/h3-5,7-8,12,16H,6,9-11,13-15H2,1-2H3. The van der Waals surface area contributed by atoms with Crippen LogP contribution in [0, 0.1) is 5.92 Å². The number of aromatic nitrogens is 1. The summed E-state index contributed by atoms with van der Waals surface area (Å²) in [7, 11) is 0. The quantitative estimate of drug-likeness (QED) is 0.793. The summed E-state index contributed by atoms with van der Waals surface area (Å²) in [6.45, 7) is 5.74. The highest BCUT2D eigenvalue weighted by Crippen LogP contribution is 2.32. The van der Waals surface area contributed by atoms with Crippen LogP contribution in [0.1, 0.15) is 42.9 Å². The molecule has 4 rings (SSSR count). The molecule has 0 radical (unpaired) electrons. The van der Waals surface area contributed by atoms with Gasteiger partial charge in [-0.3, -0.25) is 9.59 Å². The summed E-state index contributed by atoms with van der Waals surface area (Å²) in [5.41, 5.74) is 1.10. The second kappa shape index (κ2) is 7.99. The Morgan fingerprint density at radius 1 is 1.24 bits per heavy atom. The van der Waals surface area contributed by atoms with E-state index in [0.717, 1.165) is 30.6 Å². The maximum atomic E-state index is 13.0. The average molecular weight is 397 g/mol. The molecule has 2 fully saturated rings. The lowest BCUT2D eigenvalue weighted by Crippen LogP contribution is -2.62. The summed E-state index contributed by atoms with van der Waals surface area (Å²) in [6, 6.07) is 11.3. The van der Waals surface area contributed by atoms with E-state index in [1.54, 1.807) is 15.9 Å². The van der Waals surface area contributed by atoms with E-state index >= 15 is 0 Å². The molecule has 154 valence electrons. The number of morpholine rings is 1. The summed E-state index contributed by atoms with van der Waals surface area (Å²) in [5.74, 6) is 0.486. The molecule has 0 aliphatic carbocycles. The molecule has 29 heavy (non-hydrogen) atoms. The van der Waals surface area contributed by atoms with Crippen molar-refractivity contribution in [1.82, 2.24) is 10.1 Å². The number of carbonyl (C=O) groups excluding carboxylic acids is 2. The van der Waals surface area contributed by atoms with E-state index < -0.39 is 5.60 Å². The molecule has 3 heterocycles. The summed E-state index contributed by atoms with van der Waals surface area (Å²) in [6.07, 6.45) is 2.40. The lowest BCUT2D eigenvalue weighted by molar-refractivity contribution is -0.144. The molecule has 0 bridgehead atoms.